The van der Waals surface area contributed by atoms with Gasteiger partial charge in [-0.3, -0.25) is 4.79 Å². The molecule has 0 spiro atoms. The second kappa shape index (κ2) is 7.62. The molecule has 4 heteroatoms. The summed E-state index contributed by atoms with van der Waals surface area (Å²) in [5.74, 6) is -0.120. The Balaban J connectivity index is 1.58. The van der Waals surface area contributed by atoms with Crippen LogP contribution in [0, 0.1) is 12.7 Å². The Bertz CT molecular complexity index is 861. The molecule has 0 aliphatic rings. The predicted octanol–water partition coefficient (Wildman–Crippen LogP) is 4.82. The van der Waals surface area contributed by atoms with Crippen molar-refractivity contribution in [1.82, 2.24) is 0 Å². The summed E-state index contributed by atoms with van der Waals surface area (Å²) in [4.78, 5) is 12.0. The van der Waals surface area contributed by atoms with E-state index in [1.165, 1.54) is 12.1 Å². The third kappa shape index (κ3) is 4.44. The molecular formula is C21H18FNO2. The Labute approximate surface area is 146 Å². The summed E-state index contributed by atoms with van der Waals surface area (Å²) in [7, 11) is 0. The van der Waals surface area contributed by atoms with Gasteiger partial charge in [-0.25, -0.2) is 4.39 Å². The number of halogens is 1. The molecule has 0 unspecified atom stereocenters. The number of carbonyl (C=O) groups excluding carboxylic acids is 1. The smallest absolute Gasteiger partial charge is 0.262 e. The van der Waals surface area contributed by atoms with Gasteiger partial charge in [0, 0.05) is 5.69 Å². The molecule has 0 saturated carbocycles. The van der Waals surface area contributed by atoms with E-state index in [-0.39, 0.29) is 12.5 Å². The Morgan fingerprint density at radius 1 is 0.960 bits per heavy atom. The van der Waals surface area contributed by atoms with E-state index < -0.39 is 5.82 Å². The SMILES string of the molecule is Cc1ccc(F)cc1NC(=O)COc1ccc(-c2ccccc2)cc1. The van der Waals surface area contributed by atoms with Gasteiger partial charge in [-0.05, 0) is 47.9 Å². The first-order valence-corrected chi connectivity index (χ1v) is 7.96. The van der Waals surface area contributed by atoms with Gasteiger partial charge in [0.2, 0.25) is 0 Å². The highest BCUT2D eigenvalue weighted by Gasteiger charge is 2.07. The van der Waals surface area contributed by atoms with Crippen LogP contribution in [0.5, 0.6) is 5.75 Å². The number of aryl methyl sites for hydroxylation is 1. The van der Waals surface area contributed by atoms with Crippen LogP contribution in [0.15, 0.2) is 72.8 Å². The van der Waals surface area contributed by atoms with E-state index in [2.05, 4.69) is 5.32 Å². The van der Waals surface area contributed by atoms with Crippen molar-refractivity contribution >= 4 is 11.6 Å². The average Bonchev–Trinajstić information content (AvgIpc) is 2.64. The van der Waals surface area contributed by atoms with Crippen LogP contribution in [0.2, 0.25) is 0 Å². The maximum absolute atomic E-state index is 13.2. The number of hydrogen-bond acceptors (Lipinski definition) is 2. The standard InChI is InChI=1S/C21H18FNO2/c1-15-7-10-18(22)13-20(15)23-21(24)14-25-19-11-8-17(9-12-19)16-5-3-2-4-6-16/h2-13H,14H2,1H3,(H,23,24). The minimum Gasteiger partial charge on any atom is -0.484 e. The molecule has 0 bridgehead atoms. The van der Waals surface area contributed by atoms with Crippen LogP contribution >= 0.6 is 0 Å². The lowest BCUT2D eigenvalue weighted by atomic mass is 10.1. The Hall–Kier alpha value is -3.14. The van der Waals surface area contributed by atoms with Gasteiger partial charge in [-0.2, -0.15) is 0 Å². The van der Waals surface area contributed by atoms with Crippen LogP contribution in [0.1, 0.15) is 5.56 Å². The maximum atomic E-state index is 13.2. The van der Waals surface area contributed by atoms with E-state index in [0.29, 0.717) is 11.4 Å². The monoisotopic (exact) mass is 335 g/mol. The molecule has 3 rings (SSSR count). The number of rotatable bonds is 5. The van der Waals surface area contributed by atoms with Crippen LogP contribution in [0.3, 0.4) is 0 Å². The minimum absolute atomic E-state index is 0.138. The number of benzene rings is 3. The van der Waals surface area contributed by atoms with E-state index in [1.807, 2.05) is 54.6 Å². The first kappa shape index (κ1) is 16.7. The molecule has 0 radical (unpaired) electrons. The van der Waals surface area contributed by atoms with Crippen molar-refractivity contribution in [2.75, 3.05) is 11.9 Å². The number of anilines is 1. The highest BCUT2D eigenvalue weighted by molar-refractivity contribution is 5.92. The van der Waals surface area contributed by atoms with E-state index in [0.717, 1.165) is 16.7 Å². The molecule has 3 aromatic rings. The van der Waals surface area contributed by atoms with E-state index >= 15 is 0 Å². The van der Waals surface area contributed by atoms with Crippen molar-refractivity contribution in [3.8, 4) is 16.9 Å². The van der Waals surface area contributed by atoms with Crippen molar-refractivity contribution in [2.24, 2.45) is 0 Å². The summed E-state index contributed by atoms with van der Waals surface area (Å²) in [6.07, 6.45) is 0. The molecule has 0 saturated heterocycles. The van der Waals surface area contributed by atoms with Gasteiger partial charge in [0.1, 0.15) is 11.6 Å². The predicted molar refractivity (Wildman–Crippen MR) is 97.1 cm³/mol. The van der Waals surface area contributed by atoms with Gasteiger partial charge < -0.3 is 10.1 Å². The van der Waals surface area contributed by atoms with E-state index in [4.69, 9.17) is 4.74 Å². The molecule has 1 amide bonds. The highest BCUT2D eigenvalue weighted by atomic mass is 19.1. The third-order valence-electron chi connectivity index (χ3n) is 3.81. The summed E-state index contributed by atoms with van der Waals surface area (Å²) in [5, 5.41) is 2.65. The third-order valence-corrected chi connectivity index (χ3v) is 3.81. The summed E-state index contributed by atoms with van der Waals surface area (Å²) in [5.41, 5.74) is 3.44. The average molecular weight is 335 g/mol. The van der Waals surface area contributed by atoms with Gasteiger partial charge in [-0.15, -0.1) is 0 Å². The number of ether oxygens (including phenoxy) is 1. The normalized spacial score (nSPS) is 10.3. The fraction of sp³-hybridized carbons (Fsp3) is 0.0952. The fourth-order valence-electron chi connectivity index (χ4n) is 2.44. The van der Waals surface area contributed by atoms with Gasteiger partial charge in [-0.1, -0.05) is 48.5 Å². The highest BCUT2D eigenvalue weighted by Crippen LogP contribution is 2.22. The molecule has 0 aromatic heterocycles. The topological polar surface area (TPSA) is 38.3 Å². The maximum Gasteiger partial charge on any atom is 0.262 e. The molecule has 0 atom stereocenters. The quantitative estimate of drug-likeness (QED) is 0.726. The molecule has 3 nitrogen and oxygen atoms in total. The van der Waals surface area contributed by atoms with E-state index in [1.54, 1.807) is 13.0 Å². The van der Waals surface area contributed by atoms with Crippen LogP contribution in [0.4, 0.5) is 10.1 Å². The summed E-state index contributed by atoms with van der Waals surface area (Å²) in [6, 6.07) is 21.8. The van der Waals surface area contributed by atoms with Crippen molar-refractivity contribution in [2.45, 2.75) is 6.92 Å². The molecule has 0 fully saturated rings. The fourth-order valence-corrected chi connectivity index (χ4v) is 2.44. The summed E-state index contributed by atoms with van der Waals surface area (Å²) >= 11 is 0. The van der Waals surface area contributed by atoms with E-state index in [9.17, 15) is 9.18 Å². The second-order valence-corrected chi connectivity index (χ2v) is 5.69. The van der Waals surface area contributed by atoms with Crippen molar-refractivity contribution < 1.29 is 13.9 Å². The largest absolute Gasteiger partial charge is 0.484 e. The number of nitrogens with one attached hydrogen (secondary N) is 1. The van der Waals surface area contributed by atoms with Crippen molar-refractivity contribution in [3.63, 3.8) is 0 Å². The first-order chi connectivity index (χ1) is 12.1. The molecule has 0 aliphatic carbocycles. The van der Waals surface area contributed by atoms with Crippen LogP contribution in [-0.4, -0.2) is 12.5 Å². The number of hydrogen-bond donors (Lipinski definition) is 1. The lowest BCUT2D eigenvalue weighted by Crippen LogP contribution is -2.20. The van der Waals surface area contributed by atoms with Crippen LogP contribution in [0.25, 0.3) is 11.1 Å². The van der Waals surface area contributed by atoms with Gasteiger partial charge in [0.25, 0.3) is 5.91 Å². The molecule has 0 aliphatic heterocycles. The van der Waals surface area contributed by atoms with Gasteiger partial charge in [0.15, 0.2) is 6.61 Å². The lowest BCUT2D eigenvalue weighted by Gasteiger charge is -2.10. The molecule has 25 heavy (non-hydrogen) atoms. The van der Waals surface area contributed by atoms with Crippen molar-refractivity contribution in [1.29, 1.82) is 0 Å². The number of amides is 1. The zero-order valence-corrected chi connectivity index (χ0v) is 13.8. The van der Waals surface area contributed by atoms with Gasteiger partial charge >= 0.3 is 0 Å². The Morgan fingerprint density at radius 2 is 1.64 bits per heavy atom. The Kier molecular flexibility index (Phi) is 5.09. The Morgan fingerprint density at radius 3 is 2.36 bits per heavy atom. The number of carbonyl (C=O) groups is 1. The molecule has 0 heterocycles. The van der Waals surface area contributed by atoms with Crippen LogP contribution in [-0.2, 0) is 4.79 Å². The molecule has 3 aromatic carbocycles. The molecular weight excluding hydrogens is 317 g/mol. The molecule has 126 valence electrons. The summed E-state index contributed by atoms with van der Waals surface area (Å²) < 4.78 is 18.7. The summed E-state index contributed by atoms with van der Waals surface area (Å²) in [6.45, 7) is 1.67. The zero-order valence-electron chi connectivity index (χ0n) is 13.8. The molecule has 1 N–H and O–H groups in total. The van der Waals surface area contributed by atoms with Crippen molar-refractivity contribution in [3.05, 3.63) is 84.2 Å². The zero-order chi connectivity index (χ0) is 17.6. The van der Waals surface area contributed by atoms with Gasteiger partial charge in [0.05, 0.1) is 0 Å². The first-order valence-electron chi connectivity index (χ1n) is 7.96. The lowest BCUT2D eigenvalue weighted by molar-refractivity contribution is -0.118. The second-order valence-electron chi connectivity index (χ2n) is 5.69. The minimum atomic E-state index is -0.390. The van der Waals surface area contributed by atoms with Crippen LogP contribution < -0.4 is 10.1 Å².